The summed E-state index contributed by atoms with van der Waals surface area (Å²) in [5, 5.41) is 7.21. The molecule has 1 aliphatic rings. The molecule has 0 aliphatic carbocycles. The van der Waals surface area contributed by atoms with Crippen LogP contribution in [0.5, 0.6) is 0 Å². The van der Waals surface area contributed by atoms with Gasteiger partial charge in [-0.2, -0.15) is 0 Å². The van der Waals surface area contributed by atoms with E-state index in [2.05, 4.69) is 219 Å². The van der Waals surface area contributed by atoms with Crippen molar-refractivity contribution in [2.45, 2.75) is 45.1 Å². The number of benzene rings is 7. The molecule has 1 fully saturated rings. The normalized spacial score (nSPS) is 16.9. The molecular weight excluding hydrogens is 765 g/mol. The number of rotatable bonds is 13. The monoisotopic (exact) mass is 814 g/mol. The second-order valence-corrected chi connectivity index (χ2v) is 27.8. The maximum atomic E-state index is 8.45. The van der Waals surface area contributed by atoms with Crippen LogP contribution in [-0.4, -0.2) is 34.2 Å². The van der Waals surface area contributed by atoms with E-state index in [0.29, 0.717) is 0 Å². The lowest BCUT2D eigenvalue weighted by Gasteiger charge is -2.53. The van der Waals surface area contributed by atoms with Gasteiger partial charge in [0, 0.05) is 0 Å². The highest BCUT2D eigenvalue weighted by atomic mass is 28.5. The van der Waals surface area contributed by atoms with Gasteiger partial charge in [0.05, 0.1) is 0 Å². The van der Waals surface area contributed by atoms with Gasteiger partial charge in [0.15, 0.2) is 0 Å². The van der Waals surface area contributed by atoms with Crippen LogP contribution in [0.3, 0.4) is 0 Å². The van der Waals surface area contributed by atoms with Crippen LogP contribution in [0.2, 0.25) is 6.04 Å². The zero-order valence-corrected chi connectivity index (χ0v) is 36.6. The van der Waals surface area contributed by atoms with Crippen molar-refractivity contribution in [3.05, 3.63) is 212 Å². The lowest BCUT2D eigenvalue weighted by molar-refractivity contribution is 0.259. The molecule has 0 bridgehead atoms. The Kier molecular flexibility index (Phi) is 12.2. The molecule has 7 aromatic carbocycles. The Labute approximate surface area is 342 Å². The molecule has 0 saturated carbocycles. The highest BCUT2D eigenvalue weighted by molar-refractivity contribution is 7.14. The topological polar surface area (TPSA) is 36.9 Å². The zero-order chi connectivity index (χ0) is 38.9. The molecule has 0 spiro atoms. The Balaban J connectivity index is 1.53. The molecule has 0 N–H and O–H groups in total. The van der Waals surface area contributed by atoms with Gasteiger partial charge in [-0.1, -0.05) is 251 Å². The minimum atomic E-state index is -3.84. The predicted molar refractivity (Wildman–Crippen MR) is 243 cm³/mol. The van der Waals surface area contributed by atoms with E-state index in [1.54, 1.807) is 0 Å². The molecule has 0 radical (unpaired) electrons. The third-order valence-electron chi connectivity index (χ3n) is 10.9. The summed E-state index contributed by atoms with van der Waals surface area (Å²) >= 11 is 0. The molecule has 57 heavy (non-hydrogen) atoms. The highest BCUT2D eigenvalue weighted by Gasteiger charge is 2.67. The van der Waals surface area contributed by atoms with Crippen LogP contribution in [0, 0.1) is 0 Å². The number of unbranched alkanes of at least 4 members (excludes halogenated alkanes) is 4. The summed E-state index contributed by atoms with van der Waals surface area (Å²) in [5.41, 5.74) is 0. The molecule has 1 heterocycles. The minimum Gasteiger partial charge on any atom is -0.405 e. The zero-order valence-electron chi connectivity index (χ0n) is 32.6. The summed E-state index contributed by atoms with van der Waals surface area (Å²) in [4.78, 5) is 0. The molecule has 4 nitrogen and oxygen atoms in total. The fourth-order valence-corrected chi connectivity index (χ4v) is 31.2. The fourth-order valence-electron chi connectivity index (χ4n) is 8.12. The van der Waals surface area contributed by atoms with E-state index in [1.165, 1.54) is 19.3 Å². The summed E-state index contributed by atoms with van der Waals surface area (Å²) < 4.78 is 33.8. The standard InChI is InChI=1S/C49H50O4Si4/c1-2-3-4-5-27-42-54(43-28-13-6-14-29-43)50-55(44-30-15-7-16-31-44,45-32-17-8-18-33-45)52-57(48-38-23-11-24-39-48,49-40-25-12-26-41-49)53-56(51-54,46-34-19-9-20-35-46)47-36-21-10-22-37-47/h6-26,28-41H,2-5,27,42H2,1H3. The lowest BCUT2D eigenvalue weighted by atomic mass is 10.2. The molecule has 0 unspecified atom stereocenters. The Morgan fingerprint density at radius 2 is 0.526 bits per heavy atom. The second-order valence-electron chi connectivity index (χ2n) is 14.7. The van der Waals surface area contributed by atoms with Gasteiger partial charge in [0.2, 0.25) is 0 Å². The molecule has 286 valence electrons. The SMILES string of the molecule is CCCCCCC[Si]1(c2ccccc2)O[Si](c2ccccc2)(c2ccccc2)O[Si](c2ccccc2)(c2ccccc2)O[Si](c2ccccc2)(c2ccccc2)O1. The Morgan fingerprint density at radius 1 is 0.281 bits per heavy atom. The molecule has 8 rings (SSSR count). The lowest BCUT2D eigenvalue weighted by Crippen LogP contribution is -2.86. The molecule has 1 saturated heterocycles. The van der Waals surface area contributed by atoms with E-state index in [9.17, 15) is 0 Å². The van der Waals surface area contributed by atoms with E-state index in [-0.39, 0.29) is 0 Å². The molecule has 0 amide bonds. The van der Waals surface area contributed by atoms with Crippen molar-refractivity contribution >= 4 is 70.6 Å². The average molecular weight is 815 g/mol. The third kappa shape index (κ3) is 7.92. The van der Waals surface area contributed by atoms with Gasteiger partial charge in [0.25, 0.3) is 0 Å². The number of hydrogen-bond acceptors (Lipinski definition) is 4. The second kappa shape index (κ2) is 17.8. The van der Waals surface area contributed by atoms with Gasteiger partial charge in [0.1, 0.15) is 0 Å². The molecule has 8 heteroatoms. The summed E-state index contributed by atoms with van der Waals surface area (Å²) in [6, 6.07) is 75.5. The molecule has 1 aliphatic heterocycles. The van der Waals surface area contributed by atoms with E-state index in [4.69, 9.17) is 16.5 Å². The van der Waals surface area contributed by atoms with Gasteiger partial charge >= 0.3 is 34.2 Å². The van der Waals surface area contributed by atoms with Gasteiger partial charge < -0.3 is 16.5 Å². The van der Waals surface area contributed by atoms with E-state index >= 15 is 0 Å². The Hall–Kier alpha value is -4.75. The first kappa shape index (κ1) is 39.1. The van der Waals surface area contributed by atoms with Gasteiger partial charge in [-0.3, -0.25) is 0 Å². The van der Waals surface area contributed by atoms with Crippen molar-refractivity contribution in [1.82, 2.24) is 0 Å². The average Bonchev–Trinajstić information content (AvgIpc) is 3.29. The van der Waals surface area contributed by atoms with Crippen LogP contribution in [0.1, 0.15) is 39.0 Å². The summed E-state index contributed by atoms with van der Waals surface area (Å²) in [5.74, 6) is 0. The maximum Gasteiger partial charge on any atom is 0.390 e. The van der Waals surface area contributed by atoms with Crippen LogP contribution in [0.4, 0.5) is 0 Å². The molecular formula is C49H50O4Si4. The van der Waals surface area contributed by atoms with Crippen LogP contribution >= 0.6 is 0 Å². The number of hydrogen-bond donors (Lipinski definition) is 0. The fraction of sp³-hybridized carbons (Fsp3) is 0.143. The Morgan fingerprint density at radius 3 is 0.807 bits per heavy atom. The van der Waals surface area contributed by atoms with Crippen LogP contribution in [-0.2, 0) is 16.5 Å². The van der Waals surface area contributed by atoms with Crippen LogP contribution in [0.25, 0.3) is 0 Å². The van der Waals surface area contributed by atoms with Gasteiger partial charge in [-0.05, 0) is 42.4 Å². The maximum absolute atomic E-state index is 8.45. The van der Waals surface area contributed by atoms with Crippen molar-refractivity contribution in [1.29, 1.82) is 0 Å². The van der Waals surface area contributed by atoms with Gasteiger partial charge in [-0.25, -0.2) is 0 Å². The van der Waals surface area contributed by atoms with Crippen molar-refractivity contribution in [3.63, 3.8) is 0 Å². The molecule has 7 aromatic rings. The van der Waals surface area contributed by atoms with Gasteiger partial charge in [-0.15, -0.1) is 0 Å². The minimum absolute atomic E-state index is 0.751. The van der Waals surface area contributed by atoms with Crippen molar-refractivity contribution in [2.75, 3.05) is 0 Å². The van der Waals surface area contributed by atoms with Crippen molar-refractivity contribution in [2.24, 2.45) is 0 Å². The first-order chi connectivity index (χ1) is 28.1. The molecule has 0 aromatic heterocycles. The summed E-state index contributed by atoms with van der Waals surface area (Å²) in [7, 11) is -15.0. The summed E-state index contributed by atoms with van der Waals surface area (Å²) in [6.07, 6.45) is 5.60. The molecule has 0 atom stereocenters. The quantitative estimate of drug-likeness (QED) is 0.0916. The van der Waals surface area contributed by atoms with Crippen molar-refractivity contribution < 1.29 is 16.5 Å². The largest absolute Gasteiger partial charge is 0.405 e. The first-order valence-corrected chi connectivity index (χ1v) is 27.8. The third-order valence-corrected chi connectivity index (χ3v) is 29.3. The van der Waals surface area contributed by atoms with Crippen LogP contribution in [0.15, 0.2) is 212 Å². The van der Waals surface area contributed by atoms with Crippen LogP contribution < -0.4 is 36.3 Å². The first-order valence-electron chi connectivity index (χ1n) is 20.3. The smallest absolute Gasteiger partial charge is 0.390 e. The summed E-state index contributed by atoms with van der Waals surface area (Å²) in [6.45, 7) is 2.27. The van der Waals surface area contributed by atoms with E-state index < -0.39 is 34.2 Å². The van der Waals surface area contributed by atoms with E-state index in [0.717, 1.165) is 55.2 Å². The van der Waals surface area contributed by atoms with E-state index in [1.807, 2.05) is 0 Å². The Bertz CT molecular complexity index is 2050. The highest BCUT2D eigenvalue weighted by Crippen LogP contribution is 2.35. The predicted octanol–water partition coefficient (Wildman–Crippen LogP) is 7.16. The van der Waals surface area contributed by atoms with Crippen molar-refractivity contribution in [3.8, 4) is 0 Å².